The van der Waals surface area contributed by atoms with E-state index in [2.05, 4.69) is 35.2 Å². The van der Waals surface area contributed by atoms with E-state index in [1.807, 2.05) is 19.3 Å². The number of likely N-dealkylation sites (N-methyl/N-ethyl adjacent to an activating group) is 1. The van der Waals surface area contributed by atoms with E-state index in [-0.39, 0.29) is 18.1 Å². The first-order valence-corrected chi connectivity index (χ1v) is 10.2. The smallest absolute Gasteiger partial charge is 0.328 e. The second kappa shape index (κ2) is 7.84. The normalized spacial score (nSPS) is 13.7. The summed E-state index contributed by atoms with van der Waals surface area (Å²) in [7, 11) is 1.86. The van der Waals surface area contributed by atoms with E-state index >= 15 is 0 Å². The van der Waals surface area contributed by atoms with Gasteiger partial charge in [0.2, 0.25) is 5.88 Å². The van der Waals surface area contributed by atoms with Gasteiger partial charge in [-0.15, -0.1) is 0 Å². The number of H-pyrrole nitrogens is 2. The van der Waals surface area contributed by atoms with Gasteiger partial charge in [-0.25, -0.2) is 24.7 Å². The summed E-state index contributed by atoms with van der Waals surface area (Å²) in [6.45, 7) is 1.54. The highest BCUT2D eigenvalue weighted by atomic mass is 16.5. The molecule has 0 amide bonds. The third-order valence-corrected chi connectivity index (χ3v) is 5.20. The molecule has 4 aromatic rings. The molecule has 5 N–H and O–H groups in total. The summed E-state index contributed by atoms with van der Waals surface area (Å²) in [4.78, 5) is 36.3. The number of hydrogen-bond donors (Lipinski definition) is 4. The van der Waals surface area contributed by atoms with Crippen LogP contribution in [-0.4, -0.2) is 54.7 Å². The van der Waals surface area contributed by atoms with Gasteiger partial charge in [0.1, 0.15) is 12.1 Å². The molecule has 1 aliphatic carbocycles. The van der Waals surface area contributed by atoms with Crippen LogP contribution in [0.25, 0.3) is 22.8 Å². The minimum Gasteiger partial charge on any atom is -0.476 e. The zero-order valence-electron chi connectivity index (χ0n) is 17.1. The number of nitrogens with zero attached hydrogens (tertiary/aromatic N) is 5. The molecule has 0 atom stereocenters. The van der Waals surface area contributed by atoms with Gasteiger partial charge in [-0.3, -0.25) is 4.57 Å². The highest BCUT2D eigenvalue weighted by molar-refractivity contribution is 5.83. The Bertz CT molecular complexity index is 1270. The second-order valence-corrected chi connectivity index (χ2v) is 7.55. The lowest BCUT2D eigenvalue weighted by atomic mass is 10.3. The standard InChI is InChI=1S/C20H23N9O2/c1-22-6-7-31-14-5-2-11(8-23-14)10-29-19-15(26-20(29)30)16(21)27-18(28-19)17-24-9-13(25-17)12-3-4-12/h2,5,8-9,12,22H,3-4,6-7,10H2,1H3,(H,24,25)(H,26,30)(H2,21,27,28). The molecule has 160 valence electrons. The van der Waals surface area contributed by atoms with Gasteiger partial charge in [0, 0.05) is 30.9 Å². The van der Waals surface area contributed by atoms with Gasteiger partial charge < -0.3 is 25.8 Å². The van der Waals surface area contributed by atoms with Gasteiger partial charge in [0.15, 0.2) is 23.1 Å². The van der Waals surface area contributed by atoms with Crippen LogP contribution in [0.1, 0.15) is 30.0 Å². The first kappa shape index (κ1) is 19.2. The van der Waals surface area contributed by atoms with Crippen molar-refractivity contribution < 1.29 is 4.74 Å². The number of hydrogen-bond acceptors (Lipinski definition) is 8. The van der Waals surface area contributed by atoms with Gasteiger partial charge in [0.05, 0.1) is 12.2 Å². The number of nitrogen functional groups attached to an aromatic ring is 1. The van der Waals surface area contributed by atoms with Crippen LogP contribution in [0.2, 0.25) is 0 Å². The molecule has 0 saturated heterocycles. The van der Waals surface area contributed by atoms with Crippen molar-refractivity contribution in [3.8, 4) is 17.5 Å². The summed E-state index contributed by atoms with van der Waals surface area (Å²) in [6.07, 6.45) is 5.86. The molecule has 5 rings (SSSR count). The summed E-state index contributed by atoms with van der Waals surface area (Å²) >= 11 is 0. The molecule has 1 fully saturated rings. The summed E-state index contributed by atoms with van der Waals surface area (Å²) < 4.78 is 7.05. The van der Waals surface area contributed by atoms with E-state index in [1.165, 1.54) is 4.57 Å². The van der Waals surface area contributed by atoms with Gasteiger partial charge in [-0.2, -0.15) is 0 Å². The van der Waals surface area contributed by atoms with E-state index in [1.54, 1.807) is 12.3 Å². The van der Waals surface area contributed by atoms with E-state index < -0.39 is 0 Å². The van der Waals surface area contributed by atoms with Crippen LogP contribution in [-0.2, 0) is 6.54 Å². The van der Waals surface area contributed by atoms with Gasteiger partial charge >= 0.3 is 5.69 Å². The zero-order valence-corrected chi connectivity index (χ0v) is 17.1. The van der Waals surface area contributed by atoms with Gasteiger partial charge in [-0.05, 0) is 25.5 Å². The number of aromatic amines is 2. The van der Waals surface area contributed by atoms with Crippen LogP contribution >= 0.6 is 0 Å². The minimum absolute atomic E-state index is 0.201. The Morgan fingerprint density at radius 2 is 2.16 bits per heavy atom. The zero-order chi connectivity index (χ0) is 21.4. The van der Waals surface area contributed by atoms with Crippen LogP contribution < -0.4 is 21.5 Å². The Labute approximate surface area is 177 Å². The maximum absolute atomic E-state index is 12.6. The van der Waals surface area contributed by atoms with Gasteiger partial charge in [-0.1, -0.05) is 6.07 Å². The summed E-state index contributed by atoms with van der Waals surface area (Å²) in [5, 5.41) is 3.01. The molecule has 0 aliphatic heterocycles. The summed E-state index contributed by atoms with van der Waals surface area (Å²) in [5.41, 5.74) is 8.46. The number of fused-ring (bicyclic) bond motifs is 1. The largest absolute Gasteiger partial charge is 0.476 e. The number of nitrogens with one attached hydrogen (secondary N) is 3. The lowest BCUT2D eigenvalue weighted by molar-refractivity contribution is 0.306. The van der Waals surface area contributed by atoms with Crippen molar-refractivity contribution in [1.82, 2.24) is 39.8 Å². The van der Waals surface area contributed by atoms with Crippen molar-refractivity contribution in [2.24, 2.45) is 0 Å². The van der Waals surface area contributed by atoms with Crippen molar-refractivity contribution in [3.05, 3.63) is 46.3 Å². The highest BCUT2D eigenvalue weighted by Gasteiger charge is 2.26. The Morgan fingerprint density at radius 3 is 2.90 bits per heavy atom. The van der Waals surface area contributed by atoms with E-state index in [4.69, 9.17) is 10.5 Å². The van der Waals surface area contributed by atoms with E-state index in [0.717, 1.165) is 30.6 Å². The maximum atomic E-state index is 12.6. The molecule has 0 radical (unpaired) electrons. The monoisotopic (exact) mass is 421 g/mol. The molecule has 0 bridgehead atoms. The lowest BCUT2D eigenvalue weighted by Gasteiger charge is -2.07. The van der Waals surface area contributed by atoms with Gasteiger partial charge in [0.25, 0.3) is 0 Å². The van der Waals surface area contributed by atoms with Crippen molar-refractivity contribution >= 4 is 17.0 Å². The summed E-state index contributed by atoms with van der Waals surface area (Å²) in [5.74, 6) is 2.14. The van der Waals surface area contributed by atoms with Crippen molar-refractivity contribution in [1.29, 1.82) is 0 Å². The Hall–Kier alpha value is -3.73. The molecular formula is C20H23N9O2. The predicted molar refractivity (Wildman–Crippen MR) is 115 cm³/mol. The fraction of sp³-hybridized carbons (Fsp3) is 0.350. The molecule has 11 nitrogen and oxygen atoms in total. The molecule has 1 saturated carbocycles. The van der Waals surface area contributed by atoms with Crippen molar-refractivity contribution in [2.75, 3.05) is 25.9 Å². The maximum Gasteiger partial charge on any atom is 0.328 e. The number of anilines is 1. The Morgan fingerprint density at radius 1 is 1.29 bits per heavy atom. The molecule has 1 aliphatic rings. The van der Waals surface area contributed by atoms with Crippen molar-refractivity contribution in [2.45, 2.75) is 25.3 Å². The SMILES string of the molecule is CNCCOc1ccc(Cn2c(=O)[nH]c3c(N)nc(-c4nc(C5CC5)c[nH]4)nc32)cn1. The number of ether oxygens (including phenoxy) is 1. The molecule has 0 unspecified atom stereocenters. The number of nitrogens with two attached hydrogens (primary N) is 1. The Balaban J connectivity index is 1.44. The number of rotatable bonds is 8. The van der Waals surface area contributed by atoms with Crippen LogP contribution in [0.5, 0.6) is 5.88 Å². The molecule has 4 heterocycles. The Kier molecular flexibility index (Phi) is 4.86. The average Bonchev–Trinajstić information content (AvgIpc) is 3.42. The molecule has 4 aromatic heterocycles. The molecule has 11 heteroatoms. The fourth-order valence-electron chi connectivity index (χ4n) is 3.37. The second-order valence-electron chi connectivity index (χ2n) is 7.55. The highest BCUT2D eigenvalue weighted by Crippen LogP contribution is 2.39. The summed E-state index contributed by atoms with van der Waals surface area (Å²) in [6, 6.07) is 3.65. The first-order chi connectivity index (χ1) is 15.1. The number of aromatic nitrogens is 7. The number of imidazole rings is 2. The van der Waals surface area contributed by atoms with Crippen LogP contribution in [0.3, 0.4) is 0 Å². The van der Waals surface area contributed by atoms with Crippen LogP contribution in [0, 0.1) is 0 Å². The lowest BCUT2D eigenvalue weighted by Crippen LogP contribution is -2.18. The fourth-order valence-corrected chi connectivity index (χ4v) is 3.37. The first-order valence-electron chi connectivity index (χ1n) is 10.2. The quantitative estimate of drug-likeness (QED) is 0.308. The predicted octanol–water partition coefficient (Wildman–Crippen LogP) is 1.01. The molecule has 0 aromatic carbocycles. The van der Waals surface area contributed by atoms with E-state index in [0.29, 0.717) is 41.2 Å². The van der Waals surface area contributed by atoms with E-state index in [9.17, 15) is 4.79 Å². The average molecular weight is 421 g/mol. The van der Waals surface area contributed by atoms with Crippen molar-refractivity contribution in [3.63, 3.8) is 0 Å². The number of pyridine rings is 1. The molecule has 31 heavy (non-hydrogen) atoms. The third kappa shape index (κ3) is 3.87. The minimum atomic E-state index is -0.319. The third-order valence-electron chi connectivity index (χ3n) is 5.20. The topological polar surface area (TPSA) is 152 Å². The van der Waals surface area contributed by atoms with Crippen LogP contribution in [0.15, 0.2) is 29.3 Å². The molecule has 0 spiro atoms. The molecular weight excluding hydrogens is 398 g/mol. The van der Waals surface area contributed by atoms with Crippen LogP contribution in [0.4, 0.5) is 5.82 Å².